The maximum absolute atomic E-state index is 11.8. The van der Waals surface area contributed by atoms with Crippen LogP contribution in [0, 0.1) is 12.8 Å². The van der Waals surface area contributed by atoms with E-state index in [1.54, 1.807) is 0 Å². The first-order valence-electron chi connectivity index (χ1n) is 10.4. The van der Waals surface area contributed by atoms with Crippen molar-refractivity contribution >= 4 is 17.0 Å². The van der Waals surface area contributed by atoms with Crippen molar-refractivity contribution in [3.05, 3.63) is 53.9 Å². The Kier molecular flexibility index (Phi) is 5.41. The van der Waals surface area contributed by atoms with E-state index in [9.17, 15) is 9.90 Å². The molecular weight excluding hydrogens is 364 g/mol. The molecule has 3 atom stereocenters. The van der Waals surface area contributed by atoms with Crippen LogP contribution in [0.25, 0.3) is 22.2 Å². The third kappa shape index (κ3) is 3.79. The molecule has 0 aliphatic heterocycles. The van der Waals surface area contributed by atoms with E-state index >= 15 is 0 Å². The number of aromatic nitrogens is 2. The lowest BCUT2D eigenvalue weighted by Gasteiger charge is -2.34. The summed E-state index contributed by atoms with van der Waals surface area (Å²) in [7, 11) is 2.03. The van der Waals surface area contributed by atoms with Crippen molar-refractivity contribution in [2.75, 3.05) is 6.61 Å². The minimum atomic E-state index is -0.704. The molecule has 5 nitrogen and oxygen atoms in total. The van der Waals surface area contributed by atoms with Gasteiger partial charge in [0.05, 0.1) is 23.1 Å². The number of carboxylic acids is 1. The normalized spacial score (nSPS) is 22.1. The van der Waals surface area contributed by atoms with Gasteiger partial charge in [0, 0.05) is 13.7 Å². The maximum atomic E-state index is 11.8. The lowest BCUT2D eigenvalue weighted by molar-refractivity contribution is -0.144. The van der Waals surface area contributed by atoms with Crippen molar-refractivity contribution < 1.29 is 14.6 Å². The van der Waals surface area contributed by atoms with Gasteiger partial charge in [0.25, 0.3) is 0 Å². The molecule has 1 unspecified atom stereocenters. The number of hydrogen-bond donors (Lipinski definition) is 1. The molecule has 1 aliphatic carbocycles. The number of carbonyl (C=O) groups is 1. The molecule has 5 heteroatoms. The molecule has 1 heterocycles. The highest BCUT2D eigenvalue weighted by Crippen LogP contribution is 2.40. The second kappa shape index (κ2) is 7.99. The second-order valence-electron chi connectivity index (χ2n) is 7.99. The number of benzene rings is 2. The molecule has 1 N–H and O–H groups in total. The van der Waals surface area contributed by atoms with Crippen LogP contribution >= 0.6 is 0 Å². The van der Waals surface area contributed by atoms with Crippen LogP contribution in [0.4, 0.5) is 0 Å². The quantitative estimate of drug-likeness (QED) is 0.669. The Bertz CT molecular complexity index is 1020. The van der Waals surface area contributed by atoms with Crippen LogP contribution in [0.5, 0.6) is 0 Å². The van der Waals surface area contributed by atoms with Gasteiger partial charge < -0.3 is 14.4 Å². The SMILES string of the molecule is CCO[C@@H]1CCC(C(=O)O)[C@H](c2ccc(-c3ccc4c(c3)nc(C)n4C)cc2)C1. The van der Waals surface area contributed by atoms with E-state index < -0.39 is 5.97 Å². The Morgan fingerprint density at radius 3 is 2.59 bits per heavy atom. The number of carboxylic acid groups (broad SMARTS) is 1. The maximum Gasteiger partial charge on any atom is 0.307 e. The van der Waals surface area contributed by atoms with Gasteiger partial charge in [0.1, 0.15) is 5.82 Å². The van der Waals surface area contributed by atoms with Gasteiger partial charge >= 0.3 is 5.97 Å². The van der Waals surface area contributed by atoms with Gasteiger partial charge in [-0.3, -0.25) is 4.79 Å². The summed E-state index contributed by atoms with van der Waals surface area (Å²) in [5.41, 5.74) is 5.43. The molecule has 0 radical (unpaired) electrons. The molecular formula is C24H28N2O3. The van der Waals surface area contributed by atoms with Gasteiger partial charge in [-0.1, -0.05) is 30.3 Å². The molecule has 1 saturated carbocycles. The molecule has 1 fully saturated rings. The molecule has 0 amide bonds. The van der Waals surface area contributed by atoms with E-state index in [-0.39, 0.29) is 17.9 Å². The van der Waals surface area contributed by atoms with Crippen molar-refractivity contribution in [2.24, 2.45) is 13.0 Å². The molecule has 152 valence electrons. The summed E-state index contributed by atoms with van der Waals surface area (Å²) in [5, 5.41) is 9.69. The monoisotopic (exact) mass is 392 g/mol. The van der Waals surface area contributed by atoms with Crippen LogP contribution < -0.4 is 0 Å². The van der Waals surface area contributed by atoms with E-state index in [1.807, 2.05) is 20.9 Å². The fourth-order valence-corrected chi connectivity index (χ4v) is 4.61. The average Bonchev–Trinajstić information content (AvgIpc) is 3.01. The topological polar surface area (TPSA) is 64.3 Å². The van der Waals surface area contributed by atoms with E-state index in [0.717, 1.165) is 46.4 Å². The van der Waals surface area contributed by atoms with Gasteiger partial charge in [0.2, 0.25) is 0 Å². The Morgan fingerprint density at radius 2 is 1.90 bits per heavy atom. The van der Waals surface area contributed by atoms with Gasteiger partial charge in [0.15, 0.2) is 0 Å². The molecule has 2 aromatic carbocycles. The molecule has 29 heavy (non-hydrogen) atoms. The van der Waals surface area contributed by atoms with Crippen LogP contribution in [0.3, 0.4) is 0 Å². The fraction of sp³-hybridized carbons (Fsp3) is 0.417. The number of fused-ring (bicyclic) bond motifs is 1. The summed E-state index contributed by atoms with van der Waals surface area (Å²) in [4.78, 5) is 16.4. The largest absolute Gasteiger partial charge is 0.481 e. The van der Waals surface area contributed by atoms with Crippen molar-refractivity contribution in [1.29, 1.82) is 0 Å². The molecule has 1 aliphatic rings. The minimum Gasteiger partial charge on any atom is -0.481 e. The number of hydrogen-bond acceptors (Lipinski definition) is 3. The van der Waals surface area contributed by atoms with Crippen molar-refractivity contribution in [3.8, 4) is 11.1 Å². The number of aliphatic carboxylic acids is 1. The van der Waals surface area contributed by atoms with E-state index in [2.05, 4.69) is 52.0 Å². The third-order valence-electron chi connectivity index (χ3n) is 6.30. The zero-order chi connectivity index (χ0) is 20.5. The number of nitrogens with zero attached hydrogens (tertiary/aromatic N) is 2. The molecule has 4 rings (SSSR count). The summed E-state index contributed by atoms with van der Waals surface area (Å²) in [6.07, 6.45) is 2.41. The van der Waals surface area contributed by atoms with E-state index in [4.69, 9.17) is 4.74 Å². The van der Waals surface area contributed by atoms with Crippen LogP contribution in [0.2, 0.25) is 0 Å². The Hall–Kier alpha value is -2.66. The Balaban J connectivity index is 1.61. The third-order valence-corrected chi connectivity index (χ3v) is 6.30. The van der Waals surface area contributed by atoms with Crippen molar-refractivity contribution in [3.63, 3.8) is 0 Å². The van der Waals surface area contributed by atoms with Crippen LogP contribution in [-0.4, -0.2) is 33.3 Å². The molecule has 0 spiro atoms. The van der Waals surface area contributed by atoms with Crippen LogP contribution in [0.1, 0.15) is 43.5 Å². The molecule has 3 aromatic rings. The average molecular weight is 392 g/mol. The number of aryl methyl sites for hydroxylation is 2. The van der Waals surface area contributed by atoms with Crippen molar-refractivity contribution in [1.82, 2.24) is 9.55 Å². The van der Waals surface area contributed by atoms with Crippen LogP contribution in [-0.2, 0) is 16.6 Å². The second-order valence-corrected chi connectivity index (χ2v) is 7.99. The predicted octanol–water partition coefficient (Wildman–Crippen LogP) is 4.92. The number of ether oxygens (including phenoxy) is 1. The lowest BCUT2D eigenvalue weighted by atomic mass is 9.74. The first-order valence-corrected chi connectivity index (χ1v) is 10.4. The highest BCUT2D eigenvalue weighted by atomic mass is 16.5. The number of imidazole rings is 1. The van der Waals surface area contributed by atoms with Gasteiger partial charge in [-0.15, -0.1) is 0 Å². The van der Waals surface area contributed by atoms with E-state index in [1.165, 1.54) is 0 Å². The zero-order valence-corrected chi connectivity index (χ0v) is 17.3. The van der Waals surface area contributed by atoms with E-state index in [0.29, 0.717) is 13.0 Å². The van der Waals surface area contributed by atoms with Gasteiger partial charge in [-0.05, 0) is 67.9 Å². The molecule has 0 bridgehead atoms. The van der Waals surface area contributed by atoms with Gasteiger partial charge in [-0.2, -0.15) is 0 Å². The fourth-order valence-electron chi connectivity index (χ4n) is 4.61. The number of rotatable bonds is 5. The lowest BCUT2D eigenvalue weighted by Crippen LogP contribution is -2.32. The smallest absolute Gasteiger partial charge is 0.307 e. The summed E-state index contributed by atoms with van der Waals surface area (Å²) in [6.45, 7) is 4.67. The van der Waals surface area contributed by atoms with Crippen molar-refractivity contribution in [2.45, 2.75) is 45.1 Å². The molecule has 1 aromatic heterocycles. The Labute approximate surface area is 171 Å². The standard InChI is InChI=1S/C24H28N2O3/c1-4-29-19-10-11-20(24(27)28)21(14-19)17-7-5-16(6-8-17)18-9-12-23-22(13-18)25-15(2)26(23)3/h5-9,12-13,19-21H,4,10-11,14H2,1-3H3,(H,27,28)/t19-,20?,21+/m1/s1. The first-order chi connectivity index (χ1) is 14.0. The predicted molar refractivity (Wildman–Crippen MR) is 114 cm³/mol. The summed E-state index contributed by atoms with van der Waals surface area (Å²) in [5.74, 6) is -0.0588. The van der Waals surface area contributed by atoms with Crippen LogP contribution in [0.15, 0.2) is 42.5 Å². The zero-order valence-electron chi connectivity index (χ0n) is 17.3. The summed E-state index contributed by atoms with van der Waals surface area (Å²) >= 11 is 0. The highest BCUT2D eigenvalue weighted by Gasteiger charge is 2.36. The Morgan fingerprint density at radius 1 is 1.17 bits per heavy atom. The molecule has 0 saturated heterocycles. The first kappa shape index (κ1) is 19.6. The van der Waals surface area contributed by atoms with Gasteiger partial charge in [-0.25, -0.2) is 4.98 Å². The highest BCUT2D eigenvalue weighted by molar-refractivity contribution is 5.82. The summed E-state index contributed by atoms with van der Waals surface area (Å²) in [6, 6.07) is 14.7. The minimum absolute atomic E-state index is 0.00669. The summed E-state index contributed by atoms with van der Waals surface area (Å²) < 4.78 is 7.90.